The predicted octanol–water partition coefficient (Wildman–Crippen LogP) is 4.59. The van der Waals surface area contributed by atoms with Gasteiger partial charge in [0.25, 0.3) is 0 Å². The maximum atomic E-state index is 13.6. The van der Waals surface area contributed by atoms with Crippen LogP contribution in [0.25, 0.3) is 10.9 Å². The summed E-state index contributed by atoms with van der Waals surface area (Å²) in [5, 5.41) is 12.3. The molecular weight excluding hydrogens is 438 g/mol. The van der Waals surface area contributed by atoms with Crippen molar-refractivity contribution in [1.82, 2.24) is 9.88 Å². The average Bonchev–Trinajstić information content (AvgIpc) is 3.34. The van der Waals surface area contributed by atoms with Gasteiger partial charge in [-0.25, -0.2) is 0 Å². The number of carbonyl (C=O) groups excluding carboxylic acids is 1. The summed E-state index contributed by atoms with van der Waals surface area (Å²) in [6, 6.07) is 23.5. The van der Waals surface area contributed by atoms with E-state index in [0.29, 0.717) is 5.56 Å². The van der Waals surface area contributed by atoms with E-state index in [-0.39, 0.29) is 5.78 Å². The lowest BCUT2D eigenvalue weighted by atomic mass is 9.92. The Morgan fingerprint density at radius 1 is 0.943 bits per heavy atom. The number of para-hydroxylation sites is 1. The standard InChI is InChI=1S/C29H31N3O3/c1-20-7-9-21(10-8-20)27(29(34)28(33)25-19-30-26-6-4-3-5-24(25)26)32-17-15-31(16-18-32)22-11-13-23(35-2)14-12-22/h3-14,19,27,29-30,34H,15-18H2,1-2H3/t27-,29+/m0/s1. The zero-order valence-corrected chi connectivity index (χ0v) is 20.1. The van der Waals surface area contributed by atoms with E-state index < -0.39 is 12.1 Å². The first-order valence-electron chi connectivity index (χ1n) is 12.0. The van der Waals surface area contributed by atoms with Gasteiger partial charge in [0.2, 0.25) is 0 Å². The van der Waals surface area contributed by atoms with Crippen LogP contribution in [0.3, 0.4) is 0 Å². The number of aliphatic hydroxyl groups excluding tert-OH is 1. The monoisotopic (exact) mass is 469 g/mol. The minimum Gasteiger partial charge on any atom is -0.497 e. The van der Waals surface area contributed by atoms with Gasteiger partial charge in [-0.15, -0.1) is 0 Å². The SMILES string of the molecule is COc1ccc(N2CCN([C@@H](c3ccc(C)cc3)[C@@H](O)C(=O)c3c[nH]c4ccccc34)CC2)cc1. The van der Waals surface area contributed by atoms with E-state index in [1.165, 1.54) is 0 Å². The Morgan fingerprint density at radius 3 is 2.31 bits per heavy atom. The molecule has 0 radical (unpaired) electrons. The lowest BCUT2D eigenvalue weighted by molar-refractivity contribution is 0.0366. The van der Waals surface area contributed by atoms with Gasteiger partial charge in [-0.1, -0.05) is 48.0 Å². The number of nitrogens with one attached hydrogen (secondary N) is 1. The maximum absolute atomic E-state index is 13.6. The average molecular weight is 470 g/mol. The van der Waals surface area contributed by atoms with Gasteiger partial charge in [0.1, 0.15) is 11.9 Å². The molecule has 4 aromatic rings. The van der Waals surface area contributed by atoms with Crippen LogP contribution in [0.4, 0.5) is 5.69 Å². The number of methoxy groups -OCH3 is 1. The number of anilines is 1. The van der Waals surface area contributed by atoms with Gasteiger partial charge < -0.3 is 19.7 Å². The third-order valence-electron chi connectivity index (χ3n) is 6.99. The van der Waals surface area contributed by atoms with Crippen LogP contribution >= 0.6 is 0 Å². The Kier molecular flexibility index (Phi) is 6.57. The van der Waals surface area contributed by atoms with Crippen molar-refractivity contribution in [2.75, 3.05) is 38.2 Å². The molecule has 180 valence electrons. The minimum atomic E-state index is -1.18. The van der Waals surface area contributed by atoms with E-state index in [1.54, 1.807) is 13.3 Å². The van der Waals surface area contributed by atoms with E-state index in [2.05, 4.69) is 26.9 Å². The summed E-state index contributed by atoms with van der Waals surface area (Å²) in [6.45, 7) is 5.14. The summed E-state index contributed by atoms with van der Waals surface area (Å²) in [5.74, 6) is 0.580. The van der Waals surface area contributed by atoms with Crippen LogP contribution in [0.2, 0.25) is 0 Å². The van der Waals surface area contributed by atoms with E-state index >= 15 is 0 Å². The third kappa shape index (κ3) is 4.67. The largest absolute Gasteiger partial charge is 0.497 e. The highest BCUT2D eigenvalue weighted by Crippen LogP contribution is 2.31. The Hall–Kier alpha value is -3.61. The zero-order valence-electron chi connectivity index (χ0n) is 20.1. The summed E-state index contributed by atoms with van der Waals surface area (Å²) < 4.78 is 5.28. The molecule has 0 unspecified atom stereocenters. The number of rotatable bonds is 7. The number of piperazine rings is 1. The number of hydrogen-bond acceptors (Lipinski definition) is 5. The summed E-state index contributed by atoms with van der Waals surface area (Å²) in [6.07, 6.45) is 0.536. The molecule has 2 N–H and O–H groups in total. The highest BCUT2D eigenvalue weighted by atomic mass is 16.5. The lowest BCUT2D eigenvalue weighted by Crippen LogP contribution is -2.51. The van der Waals surface area contributed by atoms with Crippen molar-refractivity contribution in [2.24, 2.45) is 0 Å². The number of aryl methyl sites for hydroxylation is 1. The molecule has 1 aromatic heterocycles. The van der Waals surface area contributed by atoms with Gasteiger partial charge in [0.05, 0.1) is 13.2 Å². The van der Waals surface area contributed by atoms with E-state index in [0.717, 1.165) is 59.6 Å². The van der Waals surface area contributed by atoms with E-state index in [9.17, 15) is 9.90 Å². The van der Waals surface area contributed by atoms with Gasteiger partial charge in [0, 0.05) is 54.5 Å². The number of ether oxygens (including phenoxy) is 1. The molecule has 1 fully saturated rings. The molecule has 5 rings (SSSR count). The quantitative estimate of drug-likeness (QED) is 0.388. The van der Waals surface area contributed by atoms with Crippen molar-refractivity contribution in [2.45, 2.75) is 19.1 Å². The molecule has 0 saturated carbocycles. The second-order valence-electron chi connectivity index (χ2n) is 9.13. The third-order valence-corrected chi connectivity index (χ3v) is 6.99. The first-order chi connectivity index (χ1) is 17.0. The van der Waals surface area contributed by atoms with Gasteiger partial charge in [-0.3, -0.25) is 9.69 Å². The number of ketones is 1. The number of aromatic amines is 1. The number of carbonyl (C=O) groups is 1. The number of nitrogens with zero attached hydrogens (tertiary/aromatic N) is 2. The summed E-state index contributed by atoms with van der Waals surface area (Å²) >= 11 is 0. The molecule has 1 saturated heterocycles. The fourth-order valence-corrected chi connectivity index (χ4v) is 4.99. The topological polar surface area (TPSA) is 68.8 Å². The van der Waals surface area contributed by atoms with Crippen molar-refractivity contribution in [1.29, 1.82) is 0 Å². The fraction of sp³-hybridized carbons (Fsp3) is 0.276. The van der Waals surface area contributed by atoms with Crippen LogP contribution in [0.1, 0.15) is 27.5 Å². The molecule has 6 heteroatoms. The molecule has 0 amide bonds. The number of benzene rings is 3. The number of hydrogen-bond donors (Lipinski definition) is 2. The normalized spacial score (nSPS) is 16.3. The van der Waals surface area contributed by atoms with Crippen molar-refractivity contribution < 1.29 is 14.6 Å². The van der Waals surface area contributed by atoms with Crippen LogP contribution in [0.5, 0.6) is 5.75 Å². The maximum Gasteiger partial charge on any atom is 0.195 e. The summed E-state index contributed by atoms with van der Waals surface area (Å²) in [7, 11) is 1.67. The van der Waals surface area contributed by atoms with Crippen LogP contribution in [0.15, 0.2) is 79.0 Å². The van der Waals surface area contributed by atoms with Gasteiger partial charge in [-0.2, -0.15) is 0 Å². The van der Waals surface area contributed by atoms with Gasteiger partial charge in [-0.05, 0) is 42.8 Å². The molecule has 0 spiro atoms. The van der Waals surface area contributed by atoms with Crippen molar-refractivity contribution >= 4 is 22.4 Å². The van der Waals surface area contributed by atoms with Gasteiger partial charge in [0.15, 0.2) is 5.78 Å². The molecule has 0 aliphatic carbocycles. The molecule has 6 nitrogen and oxygen atoms in total. The molecule has 2 heterocycles. The Bertz CT molecular complexity index is 1290. The molecule has 35 heavy (non-hydrogen) atoms. The smallest absolute Gasteiger partial charge is 0.195 e. The highest BCUT2D eigenvalue weighted by Gasteiger charge is 2.35. The summed E-state index contributed by atoms with van der Waals surface area (Å²) in [4.78, 5) is 21.3. The number of fused-ring (bicyclic) bond motifs is 1. The van der Waals surface area contributed by atoms with Crippen molar-refractivity contribution in [3.05, 3.63) is 95.7 Å². The Morgan fingerprint density at radius 2 is 1.63 bits per heavy atom. The van der Waals surface area contributed by atoms with E-state index in [1.807, 2.05) is 67.6 Å². The predicted molar refractivity (Wildman–Crippen MR) is 139 cm³/mol. The van der Waals surface area contributed by atoms with Gasteiger partial charge >= 0.3 is 0 Å². The first-order valence-corrected chi connectivity index (χ1v) is 12.0. The Balaban J connectivity index is 1.39. The first kappa shape index (κ1) is 23.1. The molecule has 0 bridgehead atoms. The minimum absolute atomic E-state index is 0.259. The lowest BCUT2D eigenvalue weighted by Gasteiger charge is -2.41. The molecule has 2 atom stereocenters. The van der Waals surface area contributed by atoms with Crippen molar-refractivity contribution in [3.8, 4) is 5.75 Å². The number of aromatic nitrogens is 1. The molecular formula is C29H31N3O3. The molecule has 1 aliphatic heterocycles. The number of aliphatic hydroxyl groups is 1. The van der Waals surface area contributed by atoms with Crippen LogP contribution in [0, 0.1) is 6.92 Å². The fourth-order valence-electron chi connectivity index (χ4n) is 4.99. The second-order valence-corrected chi connectivity index (χ2v) is 9.13. The number of H-pyrrole nitrogens is 1. The van der Waals surface area contributed by atoms with Crippen LogP contribution < -0.4 is 9.64 Å². The van der Waals surface area contributed by atoms with Crippen LogP contribution in [-0.2, 0) is 0 Å². The van der Waals surface area contributed by atoms with E-state index in [4.69, 9.17) is 4.74 Å². The van der Waals surface area contributed by atoms with Crippen molar-refractivity contribution in [3.63, 3.8) is 0 Å². The summed E-state index contributed by atoms with van der Waals surface area (Å²) in [5.41, 5.74) is 4.67. The van der Waals surface area contributed by atoms with Crippen LogP contribution in [-0.4, -0.2) is 60.2 Å². The second kappa shape index (κ2) is 9.94. The highest BCUT2D eigenvalue weighted by molar-refractivity contribution is 6.10. The Labute approximate surface area is 205 Å². The molecule has 3 aromatic carbocycles. The zero-order chi connectivity index (χ0) is 24.4. The molecule has 1 aliphatic rings. The number of Topliss-reactive ketones (excluding diaryl/α,β-unsaturated/α-hetero) is 1.